The van der Waals surface area contributed by atoms with Gasteiger partial charge in [-0.2, -0.15) is 0 Å². The topological polar surface area (TPSA) is 51.2 Å². The van der Waals surface area contributed by atoms with Crippen molar-refractivity contribution >= 4 is 5.91 Å². The molecule has 4 nitrogen and oxygen atoms in total. The van der Waals surface area contributed by atoms with Crippen LogP contribution in [0.25, 0.3) is 0 Å². The molecule has 0 saturated carbocycles. The standard InChI is InChI=1S/C16H18N2O2/c1-12(15-5-3-4-10-17-15)18-16(19)11-13-6-8-14(20-2)9-7-13/h3-10,12H,11H2,1-2H3,(H,18,19). The van der Waals surface area contributed by atoms with Gasteiger partial charge in [-0.3, -0.25) is 9.78 Å². The molecule has 0 bridgehead atoms. The molecule has 1 N–H and O–H groups in total. The number of amides is 1. The largest absolute Gasteiger partial charge is 0.497 e. The Morgan fingerprint density at radius 1 is 1.25 bits per heavy atom. The summed E-state index contributed by atoms with van der Waals surface area (Å²) >= 11 is 0. The van der Waals surface area contributed by atoms with Crippen LogP contribution in [0.3, 0.4) is 0 Å². The quantitative estimate of drug-likeness (QED) is 0.908. The van der Waals surface area contributed by atoms with Crippen LogP contribution < -0.4 is 10.1 Å². The average molecular weight is 270 g/mol. The molecule has 0 fully saturated rings. The van der Waals surface area contributed by atoms with E-state index in [-0.39, 0.29) is 11.9 Å². The molecule has 1 heterocycles. The lowest BCUT2D eigenvalue weighted by molar-refractivity contribution is -0.121. The molecule has 0 saturated heterocycles. The van der Waals surface area contributed by atoms with Crippen molar-refractivity contribution in [3.8, 4) is 5.75 Å². The van der Waals surface area contributed by atoms with E-state index in [0.717, 1.165) is 17.0 Å². The molecule has 0 spiro atoms. The second kappa shape index (κ2) is 6.70. The maximum atomic E-state index is 12.0. The lowest BCUT2D eigenvalue weighted by atomic mass is 10.1. The van der Waals surface area contributed by atoms with Crippen LogP contribution in [0.15, 0.2) is 48.7 Å². The first-order chi connectivity index (χ1) is 9.69. The monoisotopic (exact) mass is 270 g/mol. The molecule has 1 aromatic carbocycles. The van der Waals surface area contributed by atoms with Gasteiger partial charge in [-0.1, -0.05) is 18.2 Å². The predicted octanol–water partition coefficient (Wildman–Crippen LogP) is 2.51. The number of carbonyl (C=O) groups is 1. The summed E-state index contributed by atoms with van der Waals surface area (Å²) in [5.74, 6) is 0.768. The fourth-order valence-electron chi connectivity index (χ4n) is 1.93. The molecule has 1 atom stereocenters. The SMILES string of the molecule is COc1ccc(CC(=O)NC(C)c2ccccn2)cc1. The maximum Gasteiger partial charge on any atom is 0.224 e. The number of rotatable bonds is 5. The van der Waals surface area contributed by atoms with Gasteiger partial charge < -0.3 is 10.1 Å². The highest BCUT2D eigenvalue weighted by Gasteiger charge is 2.10. The number of pyridine rings is 1. The lowest BCUT2D eigenvalue weighted by Gasteiger charge is -2.13. The molecule has 0 radical (unpaired) electrons. The zero-order chi connectivity index (χ0) is 14.4. The number of nitrogens with zero attached hydrogens (tertiary/aromatic N) is 1. The third kappa shape index (κ3) is 3.82. The van der Waals surface area contributed by atoms with Gasteiger partial charge in [0.15, 0.2) is 0 Å². The Bertz CT molecular complexity index is 552. The molecule has 0 aliphatic rings. The van der Waals surface area contributed by atoms with Gasteiger partial charge in [-0.05, 0) is 36.8 Å². The van der Waals surface area contributed by atoms with Crippen molar-refractivity contribution in [2.75, 3.05) is 7.11 Å². The fraction of sp³-hybridized carbons (Fsp3) is 0.250. The summed E-state index contributed by atoms with van der Waals surface area (Å²) in [6.45, 7) is 1.92. The zero-order valence-electron chi connectivity index (χ0n) is 11.7. The van der Waals surface area contributed by atoms with E-state index in [1.807, 2.05) is 49.4 Å². The molecular formula is C16H18N2O2. The minimum Gasteiger partial charge on any atom is -0.497 e. The molecule has 0 aliphatic carbocycles. The van der Waals surface area contributed by atoms with Gasteiger partial charge in [0.05, 0.1) is 25.3 Å². The first kappa shape index (κ1) is 14.1. The highest BCUT2D eigenvalue weighted by molar-refractivity contribution is 5.78. The summed E-state index contributed by atoms with van der Waals surface area (Å²) in [7, 11) is 1.62. The van der Waals surface area contributed by atoms with E-state index in [1.165, 1.54) is 0 Å². The van der Waals surface area contributed by atoms with Crippen molar-refractivity contribution in [3.05, 3.63) is 59.9 Å². The van der Waals surface area contributed by atoms with E-state index < -0.39 is 0 Å². The minimum absolute atomic E-state index is 0.0201. The van der Waals surface area contributed by atoms with Crippen LogP contribution in [-0.4, -0.2) is 18.0 Å². The average Bonchev–Trinajstić information content (AvgIpc) is 2.49. The van der Waals surface area contributed by atoms with E-state index in [4.69, 9.17) is 4.74 Å². The lowest BCUT2D eigenvalue weighted by Crippen LogP contribution is -2.28. The Labute approximate surface area is 118 Å². The Balaban J connectivity index is 1.91. The summed E-state index contributed by atoms with van der Waals surface area (Å²) in [5.41, 5.74) is 1.81. The zero-order valence-corrected chi connectivity index (χ0v) is 11.7. The van der Waals surface area contributed by atoms with Crippen LogP contribution in [-0.2, 0) is 11.2 Å². The molecule has 20 heavy (non-hydrogen) atoms. The van der Waals surface area contributed by atoms with E-state index in [1.54, 1.807) is 13.3 Å². The van der Waals surface area contributed by atoms with Crippen LogP contribution in [0.5, 0.6) is 5.75 Å². The van der Waals surface area contributed by atoms with Gasteiger partial charge >= 0.3 is 0 Å². The summed E-state index contributed by atoms with van der Waals surface area (Å²) in [6.07, 6.45) is 2.07. The Kier molecular flexibility index (Phi) is 4.71. The van der Waals surface area contributed by atoms with E-state index in [2.05, 4.69) is 10.3 Å². The normalized spacial score (nSPS) is 11.7. The summed E-state index contributed by atoms with van der Waals surface area (Å²) in [5, 5.41) is 2.94. The fourth-order valence-corrected chi connectivity index (χ4v) is 1.93. The highest BCUT2D eigenvalue weighted by atomic mass is 16.5. The second-order valence-corrected chi connectivity index (χ2v) is 4.57. The first-order valence-electron chi connectivity index (χ1n) is 6.52. The minimum atomic E-state index is -0.0954. The maximum absolute atomic E-state index is 12.0. The van der Waals surface area contributed by atoms with E-state index in [9.17, 15) is 4.79 Å². The summed E-state index contributed by atoms with van der Waals surface area (Å²) in [6, 6.07) is 13.1. The number of hydrogen-bond acceptors (Lipinski definition) is 3. The van der Waals surface area contributed by atoms with Crippen LogP contribution >= 0.6 is 0 Å². The van der Waals surface area contributed by atoms with Crippen molar-refractivity contribution in [1.82, 2.24) is 10.3 Å². The number of aromatic nitrogens is 1. The Morgan fingerprint density at radius 2 is 2.00 bits per heavy atom. The number of carbonyl (C=O) groups excluding carboxylic acids is 1. The molecule has 104 valence electrons. The van der Waals surface area contributed by atoms with E-state index >= 15 is 0 Å². The third-order valence-corrected chi connectivity index (χ3v) is 3.03. The number of methoxy groups -OCH3 is 1. The molecule has 1 amide bonds. The number of benzene rings is 1. The van der Waals surface area contributed by atoms with Crippen molar-refractivity contribution in [1.29, 1.82) is 0 Å². The Hall–Kier alpha value is -2.36. The van der Waals surface area contributed by atoms with Crippen LogP contribution in [0, 0.1) is 0 Å². The van der Waals surface area contributed by atoms with Crippen LogP contribution in [0.2, 0.25) is 0 Å². The smallest absolute Gasteiger partial charge is 0.224 e. The van der Waals surface area contributed by atoms with Crippen molar-refractivity contribution < 1.29 is 9.53 Å². The molecular weight excluding hydrogens is 252 g/mol. The predicted molar refractivity (Wildman–Crippen MR) is 77.5 cm³/mol. The first-order valence-corrected chi connectivity index (χ1v) is 6.52. The molecule has 1 unspecified atom stereocenters. The summed E-state index contributed by atoms with van der Waals surface area (Å²) < 4.78 is 5.09. The van der Waals surface area contributed by atoms with Crippen molar-refractivity contribution in [2.24, 2.45) is 0 Å². The number of nitrogens with one attached hydrogen (secondary N) is 1. The Morgan fingerprint density at radius 3 is 2.60 bits per heavy atom. The van der Waals surface area contributed by atoms with Gasteiger partial charge in [-0.25, -0.2) is 0 Å². The molecule has 2 rings (SSSR count). The van der Waals surface area contributed by atoms with Gasteiger partial charge in [0.2, 0.25) is 5.91 Å². The third-order valence-electron chi connectivity index (χ3n) is 3.03. The van der Waals surface area contributed by atoms with Gasteiger partial charge in [0, 0.05) is 6.20 Å². The second-order valence-electron chi connectivity index (χ2n) is 4.57. The molecule has 1 aromatic heterocycles. The van der Waals surface area contributed by atoms with E-state index in [0.29, 0.717) is 6.42 Å². The number of hydrogen-bond donors (Lipinski definition) is 1. The number of ether oxygens (including phenoxy) is 1. The molecule has 0 aliphatic heterocycles. The summed E-state index contributed by atoms with van der Waals surface area (Å²) in [4.78, 5) is 16.2. The van der Waals surface area contributed by atoms with Crippen molar-refractivity contribution in [2.45, 2.75) is 19.4 Å². The van der Waals surface area contributed by atoms with Crippen LogP contribution in [0.1, 0.15) is 24.2 Å². The van der Waals surface area contributed by atoms with Crippen LogP contribution in [0.4, 0.5) is 0 Å². The van der Waals surface area contributed by atoms with Gasteiger partial charge in [0.25, 0.3) is 0 Å². The highest BCUT2D eigenvalue weighted by Crippen LogP contribution is 2.12. The molecule has 2 aromatic rings. The molecule has 4 heteroatoms. The van der Waals surface area contributed by atoms with Crippen molar-refractivity contribution in [3.63, 3.8) is 0 Å². The van der Waals surface area contributed by atoms with Gasteiger partial charge in [0.1, 0.15) is 5.75 Å². The van der Waals surface area contributed by atoms with Gasteiger partial charge in [-0.15, -0.1) is 0 Å².